The fourth-order valence-corrected chi connectivity index (χ4v) is 3.56. The molecule has 0 bridgehead atoms. The van der Waals surface area contributed by atoms with Crippen LogP contribution in [0.5, 0.6) is 0 Å². The Kier molecular flexibility index (Phi) is 4.47. The predicted octanol–water partition coefficient (Wildman–Crippen LogP) is 4.36. The topological polar surface area (TPSA) is 37.8 Å². The molecule has 1 aromatic heterocycles. The van der Waals surface area contributed by atoms with Crippen LogP contribution in [-0.2, 0) is 6.54 Å². The largest absolute Gasteiger partial charge is 0.313 e. The summed E-state index contributed by atoms with van der Waals surface area (Å²) < 4.78 is 27.4. The van der Waals surface area contributed by atoms with Gasteiger partial charge in [-0.3, -0.25) is 0 Å². The Hall–Kier alpha value is -2.66. The van der Waals surface area contributed by atoms with Crippen molar-refractivity contribution in [2.45, 2.75) is 25.8 Å². The second-order valence-corrected chi connectivity index (χ2v) is 6.69. The van der Waals surface area contributed by atoms with E-state index in [0.717, 1.165) is 53.7 Å². The van der Waals surface area contributed by atoms with Crippen molar-refractivity contribution >= 4 is 0 Å². The van der Waals surface area contributed by atoms with Gasteiger partial charge in [-0.25, -0.2) is 8.78 Å². The average molecular weight is 351 g/mol. The molecule has 0 radical (unpaired) electrons. The molecule has 0 amide bonds. The number of aryl methyl sites for hydroxylation is 1. The molecule has 132 valence electrons. The number of fused-ring (bicyclic) bond motifs is 1. The van der Waals surface area contributed by atoms with Crippen LogP contribution in [0.25, 0.3) is 11.3 Å². The molecule has 1 aliphatic rings. The highest BCUT2D eigenvalue weighted by atomic mass is 19.1. The summed E-state index contributed by atoms with van der Waals surface area (Å²) in [6.07, 6.45) is 0.791. The monoisotopic (exact) mass is 351 g/mol. The quantitative estimate of drug-likeness (QED) is 0.746. The van der Waals surface area contributed by atoms with E-state index in [9.17, 15) is 8.78 Å². The van der Waals surface area contributed by atoms with E-state index in [0.29, 0.717) is 5.56 Å². The summed E-state index contributed by atoms with van der Waals surface area (Å²) in [5, 5.41) is 11.8. The van der Waals surface area contributed by atoms with Gasteiger partial charge in [-0.1, -0.05) is 12.1 Å². The van der Waals surface area contributed by atoms with E-state index in [1.165, 1.54) is 12.1 Å². The summed E-state index contributed by atoms with van der Waals surface area (Å²) in [5.41, 5.74) is 5.58. The molecule has 3 aromatic rings. The lowest BCUT2D eigenvalue weighted by atomic mass is 9.85. The highest BCUT2D eigenvalue weighted by Crippen LogP contribution is 2.34. The first-order valence-electron chi connectivity index (χ1n) is 8.70. The number of hydrogen-bond donors (Lipinski definition) is 1. The van der Waals surface area contributed by atoms with Crippen LogP contribution in [0.2, 0.25) is 0 Å². The number of rotatable bonds is 2. The van der Waals surface area contributed by atoms with Gasteiger partial charge in [-0.15, -0.1) is 0 Å². The van der Waals surface area contributed by atoms with Crippen LogP contribution in [0.3, 0.4) is 0 Å². The molecule has 0 fully saturated rings. The Balaban J connectivity index is 1.76. The van der Waals surface area contributed by atoms with Crippen LogP contribution >= 0.6 is 0 Å². The summed E-state index contributed by atoms with van der Waals surface area (Å²) in [5.74, 6) is -1.11. The van der Waals surface area contributed by atoms with Gasteiger partial charge in [0.05, 0.1) is 11.4 Å². The molecule has 0 aliphatic carbocycles. The molecular weight excluding hydrogens is 332 g/mol. The number of benzene rings is 2. The van der Waals surface area contributed by atoms with Crippen molar-refractivity contribution in [1.29, 1.82) is 0 Å². The lowest BCUT2D eigenvalue weighted by molar-refractivity contribution is 0.573. The number of nitrogens with one attached hydrogen (secondary N) is 1. The fraction of sp³-hybridized carbons (Fsp3) is 0.238. The van der Waals surface area contributed by atoms with Gasteiger partial charge in [-0.2, -0.15) is 10.2 Å². The number of halogens is 2. The van der Waals surface area contributed by atoms with E-state index in [1.807, 2.05) is 31.2 Å². The minimum Gasteiger partial charge on any atom is -0.313 e. The van der Waals surface area contributed by atoms with Gasteiger partial charge in [0.15, 0.2) is 0 Å². The third-order valence-corrected chi connectivity index (χ3v) is 4.82. The SMILES string of the molecule is Cc1ccc(-c2ccc3c(c2)CNCCC3c2cc(F)cc(F)c2)nn1. The number of aromatic nitrogens is 2. The molecule has 1 aliphatic heterocycles. The molecule has 5 heteroatoms. The minimum atomic E-state index is -0.537. The van der Waals surface area contributed by atoms with Gasteiger partial charge in [-0.05, 0) is 66.9 Å². The second-order valence-electron chi connectivity index (χ2n) is 6.69. The summed E-state index contributed by atoms with van der Waals surface area (Å²) in [6, 6.07) is 13.8. The van der Waals surface area contributed by atoms with Gasteiger partial charge >= 0.3 is 0 Å². The molecule has 26 heavy (non-hydrogen) atoms. The molecule has 0 saturated heterocycles. The molecule has 0 spiro atoms. The fourth-order valence-electron chi connectivity index (χ4n) is 3.56. The van der Waals surface area contributed by atoms with Crippen LogP contribution in [0.1, 0.15) is 34.7 Å². The van der Waals surface area contributed by atoms with E-state index >= 15 is 0 Å². The smallest absolute Gasteiger partial charge is 0.126 e. The third kappa shape index (κ3) is 3.35. The van der Waals surface area contributed by atoms with Gasteiger partial charge < -0.3 is 5.32 Å². The Bertz CT molecular complexity index is 918. The van der Waals surface area contributed by atoms with Gasteiger partial charge in [0.1, 0.15) is 11.6 Å². The van der Waals surface area contributed by atoms with E-state index in [1.54, 1.807) is 0 Å². The van der Waals surface area contributed by atoms with Crippen molar-refractivity contribution in [1.82, 2.24) is 15.5 Å². The zero-order valence-corrected chi connectivity index (χ0v) is 14.5. The summed E-state index contributed by atoms with van der Waals surface area (Å²) in [6.45, 7) is 3.41. The molecule has 4 rings (SSSR count). The summed E-state index contributed by atoms with van der Waals surface area (Å²) in [4.78, 5) is 0. The Morgan fingerprint density at radius 1 is 0.962 bits per heavy atom. The molecule has 1 N–H and O–H groups in total. The highest BCUT2D eigenvalue weighted by molar-refractivity contribution is 5.61. The predicted molar refractivity (Wildman–Crippen MR) is 96.7 cm³/mol. The first kappa shape index (κ1) is 16.8. The van der Waals surface area contributed by atoms with E-state index in [4.69, 9.17) is 0 Å². The van der Waals surface area contributed by atoms with E-state index < -0.39 is 11.6 Å². The first-order chi connectivity index (χ1) is 12.6. The van der Waals surface area contributed by atoms with Gasteiger partial charge in [0.2, 0.25) is 0 Å². The Morgan fingerprint density at radius 2 is 1.77 bits per heavy atom. The Labute approximate surface area is 151 Å². The van der Waals surface area contributed by atoms with E-state index in [2.05, 4.69) is 21.6 Å². The van der Waals surface area contributed by atoms with Crippen LogP contribution in [-0.4, -0.2) is 16.7 Å². The standard InChI is InChI=1S/C21H19F2N3/c1-13-2-5-21(26-25-13)14-3-4-19-16(8-14)12-24-7-6-20(19)15-9-17(22)11-18(23)10-15/h2-5,8-11,20,24H,6-7,12H2,1H3. The van der Waals surface area contributed by atoms with Crippen molar-refractivity contribution in [3.63, 3.8) is 0 Å². The van der Waals surface area contributed by atoms with Crippen molar-refractivity contribution in [3.05, 3.63) is 82.5 Å². The summed E-state index contributed by atoms with van der Waals surface area (Å²) >= 11 is 0. The van der Waals surface area contributed by atoms with Crippen LogP contribution in [0.4, 0.5) is 8.78 Å². The maximum Gasteiger partial charge on any atom is 0.126 e. The number of hydrogen-bond acceptors (Lipinski definition) is 3. The number of nitrogens with zero attached hydrogens (tertiary/aromatic N) is 2. The first-order valence-corrected chi connectivity index (χ1v) is 8.70. The van der Waals surface area contributed by atoms with Crippen molar-refractivity contribution < 1.29 is 8.78 Å². The molecule has 0 saturated carbocycles. The average Bonchev–Trinajstić information content (AvgIpc) is 2.83. The lowest BCUT2D eigenvalue weighted by Gasteiger charge is -2.19. The van der Waals surface area contributed by atoms with Crippen molar-refractivity contribution in [3.8, 4) is 11.3 Å². The maximum atomic E-state index is 13.7. The lowest BCUT2D eigenvalue weighted by Crippen LogP contribution is -2.12. The molecule has 2 heterocycles. The normalized spacial score (nSPS) is 16.8. The van der Waals surface area contributed by atoms with Crippen molar-refractivity contribution in [2.24, 2.45) is 0 Å². The van der Waals surface area contributed by atoms with Crippen LogP contribution in [0.15, 0.2) is 48.5 Å². The zero-order valence-electron chi connectivity index (χ0n) is 14.5. The molecule has 1 unspecified atom stereocenters. The Morgan fingerprint density at radius 3 is 2.50 bits per heavy atom. The van der Waals surface area contributed by atoms with Crippen LogP contribution < -0.4 is 5.32 Å². The minimum absolute atomic E-state index is 0.0386. The van der Waals surface area contributed by atoms with Crippen molar-refractivity contribution in [2.75, 3.05) is 6.54 Å². The second kappa shape index (κ2) is 6.92. The van der Waals surface area contributed by atoms with Gasteiger partial charge in [0, 0.05) is 24.1 Å². The van der Waals surface area contributed by atoms with E-state index in [-0.39, 0.29) is 5.92 Å². The molecular formula is C21H19F2N3. The molecule has 1 atom stereocenters. The molecule has 2 aromatic carbocycles. The highest BCUT2D eigenvalue weighted by Gasteiger charge is 2.22. The third-order valence-electron chi connectivity index (χ3n) is 4.82. The molecule has 3 nitrogen and oxygen atoms in total. The van der Waals surface area contributed by atoms with Gasteiger partial charge in [0.25, 0.3) is 0 Å². The maximum absolute atomic E-state index is 13.7. The van der Waals surface area contributed by atoms with Crippen LogP contribution in [0, 0.1) is 18.6 Å². The summed E-state index contributed by atoms with van der Waals surface area (Å²) in [7, 11) is 0. The zero-order chi connectivity index (χ0) is 18.1.